The summed E-state index contributed by atoms with van der Waals surface area (Å²) < 4.78 is 0. The maximum absolute atomic E-state index is 9.30. The van der Waals surface area contributed by atoms with Crippen molar-refractivity contribution in [2.45, 2.75) is 30.8 Å². The molecule has 4 atom stereocenters. The molecule has 1 rings (SSSR count). The number of hydrogen-bond acceptors (Lipinski definition) is 5. The molecule has 0 bridgehead atoms. The second-order valence-electron chi connectivity index (χ2n) is 3.14. The van der Waals surface area contributed by atoms with E-state index in [4.69, 9.17) is 15.3 Å². The highest BCUT2D eigenvalue weighted by molar-refractivity contribution is 4.91. The van der Waals surface area contributed by atoms with Gasteiger partial charge >= 0.3 is 0 Å². The zero-order valence-electron chi connectivity index (χ0n) is 6.72. The van der Waals surface area contributed by atoms with Crippen LogP contribution in [0.5, 0.6) is 0 Å². The zero-order valence-corrected chi connectivity index (χ0v) is 6.72. The fourth-order valence-electron chi connectivity index (χ4n) is 1.37. The van der Waals surface area contributed by atoms with Crippen LogP contribution < -0.4 is 5.32 Å². The predicted molar refractivity (Wildman–Crippen MR) is 41.5 cm³/mol. The van der Waals surface area contributed by atoms with Crippen LogP contribution in [0.4, 0.5) is 0 Å². The molecule has 1 fully saturated rings. The minimum absolute atomic E-state index is 0.259. The summed E-state index contributed by atoms with van der Waals surface area (Å²) in [5.41, 5.74) is 0. The molecule has 72 valence electrons. The average Bonchev–Trinajstić information content (AvgIpc) is 2.36. The van der Waals surface area contributed by atoms with Crippen molar-refractivity contribution in [1.29, 1.82) is 0 Å². The summed E-state index contributed by atoms with van der Waals surface area (Å²) in [6.45, 7) is 0.0188. The molecule has 0 unspecified atom stereocenters. The number of hydrogen-bond donors (Lipinski definition) is 5. The minimum atomic E-state index is -0.841. The van der Waals surface area contributed by atoms with Gasteiger partial charge in [0.2, 0.25) is 0 Å². The van der Waals surface area contributed by atoms with Crippen LogP contribution in [0.25, 0.3) is 0 Å². The lowest BCUT2D eigenvalue weighted by atomic mass is 10.0. The van der Waals surface area contributed by atoms with E-state index in [0.29, 0.717) is 6.54 Å². The zero-order chi connectivity index (χ0) is 9.14. The Morgan fingerprint density at radius 3 is 2.50 bits per heavy atom. The molecule has 1 aliphatic rings. The molecule has 1 aliphatic heterocycles. The van der Waals surface area contributed by atoms with Gasteiger partial charge in [0.05, 0.1) is 24.9 Å². The first kappa shape index (κ1) is 9.88. The first-order chi connectivity index (χ1) is 5.65. The Bertz CT molecular complexity index is 143. The third-order valence-corrected chi connectivity index (χ3v) is 2.13. The Kier molecular flexibility index (Phi) is 3.42. The summed E-state index contributed by atoms with van der Waals surface area (Å²) in [4.78, 5) is 0. The lowest BCUT2D eigenvalue weighted by molar-refractivity contribution is 0.0203. The molecule has 5 nitrogen and oxygen atoms in total. The van der Waals surface area contributed by atoms with Crippen LogP contribution >= 0.6 is 0 Å². The number of β-amino-alcohol motifs (C(OH)–C–C–N with tert-alkyl or cyclic N) is 1. The summed E-state index contributed by atoms with van der Waals surface area (Å²) >= 11 is 0. The van der Waals surface area contributed by atoms with Crippen molar-refractivity contribution in [3.8, 4) is 0 Å². The Morgan fingerprint density at radius 2 is 2.08 bits per heavy atom. The summed E-state index contributed by atoms with van der Waals surface area (Å²) in [5.74, 6) is 0. The lowest BCUT2D eigenvalue weighted by Crippen LogP contribution is -2.36. The van der Waals surface area contributed by atoms with E-state index < -0.39 is 18.3 Å². The molecular formula is C7H15NO4. The standard InChI is InChI=1S/C7H15NO4/c9-3-4(10)1-5-7(12)6(11)2-8-5/h4-12H,1-3H2/t4-,5-,6+,7-/m0/s1. The molecule has 0 saturated carbocycles. The lowest BCUT2D eigenvalue weighted by Gasteiger charge is -2.18. The molecule has 5 N–H and O–H groups in total. The molecule has 5 heteroatoms. The van der Waals surface area contributed by atoms with E-state index in [2.05, 4.69) is 5.32 Å². The van der Waals surface area contributed by atoms with Crippen molar-refractivity contribution >= 4 is 0 Å². The topological polar surface area (TPSA) is 93.0 Å². The third-order valence-electron chi connectivity index (χ3n) is 2.13. The average molecular weight is 177 g/mol. The van der Waals surface area contributed by atoms with Gasteiger partial charge in [-0.15, -0.1) is 0 Å². The Morgan fingerprint density at radius 1 is 1.42 bits per heavy atom. The fraction of sp³-hybridized carbons (Fsp3) is 1.00. The van der Waals surface area contributed by atoms with Crippen molar-refractivity contribution in [2.24, 2.45) is 0 Å². The van der Waals surface area contributed by atoms with Crippen LogP contribution in [0.15, 0.2) is 0 Å². The van der Waals surface area contributed by atoms with E-state index in [1.165, 1.54) is 0 Å². The molecular weight excluding hydrogens is 162 g/mol. The van der Waals surface area contributed by atoms with Crippen LogP contribution in [-0.4, -0.2) is 57.9 Å². The van der Waals surface area contributed by atoms with Gasteiger partial charge in [-0.3, -0.25) is 0 Å². The van der Waals surface area contributed by atoms with Crippen LogP contribution in [0.1, 0.15) is 6.42 Å². The highest BCUT2D eigenvalue weighted by Gasteiger charge is 2.33. The van der Waals surface area contributed by atoms with Crippen LogP contribution in [-0.2, 0) is 0 Å². The van der Waals surface area contributed by atoms with E-state index in [9.17, 15) is 5.11 Å². The van der Waals surface area contributed by atoms with Crippen LogP contribution in [0.3, 0.4) is 0 Å². The highest BCUT2D eigenvalue weighted by atomic mass is 16.3. The van der Waals surface area contributed by atoms with Gasteiger partial charge < -0.3 is 25.7 Å². The SMILES string of the molecule is OC[C@@H](O)C[C@@H]1NC[C@@H](O)[C@H]1O. The second-order valence-corrected chi connectivity index (χ2v) is 3.14. The van der Waals surface area contributed by atoms with E-state index in [0.717, 1.165) is 0 Å². The van der Waals surface area contributed by atoms with Crippen molar-refractivity contribution in [1.82, 2.24) is 5.32 Å². The maximum atomic E-state index is 9.30. The second kappa shape index (κ2) is 4.15. The number of nitrogens with one attached hydrogen (secondary N) is 1. The molecule has 12 heavy (non-hydrogen) atoms. The van der Waals surface area contributed by atoms with Crippen molar-refractivity contribution in [3.63, 3.8) is 0 Å². The van der Waals surface area contributed by atoms with E-state index in [1.807, 2.05) is 0 Å². The van der Waals surface area contributed by atoms with Gasteiger partial charge in [-0.1, -0.05) is 0 Å². The maximum Gasteiger partial charge on any atom is 0.0965 e. The van der Waals surface area contributed by atoms with Gasteiger partial charge in [0.25, 0.3) is 0 Å². The quantitative estimate of drug-likeness (QED) is 0.326. The normalized spacial score (nSPS) is 38.5. The Labute approximate surface area is 70.6 Å². The van der Waals surface area contributed by atoms with Crippen molar-refractivity contribution in [3.05, 3.63) is 0 Å². The number of rotatable bonds is 3. The first-order valence-electron chi connectivity index (χ1n) is 4.03. The molecule has 0 aromatic rings. The van der Waals surface area contributed by atoms with E-state index in [-0.39, 0.29) is 19.1 Å². The summed E-state index contributed by atoms with van der Waals surface area (Å²) in [5, 5.41) is 38.8. The molecule has 0 aromatic carbocycles. The third kappa shape index (κ3) is 2.15. The predicted octanol–water partition coefficient (Wildman–Crippen LogP) is -2.58. The molecule has 0 amide bonds. The van der Waals surface area contributed by atoms with E-state index >= 15 is 0 Å². The van der Waals surface area contributed by atoms with Gasteiger partial charge in [-0.2, -0.15) is 0 Å². The summed E-state index contributed by atoms with van der Waals surface area (Å²) in [6, 6.07) is -0.317. The smallest absolute Gasteiger partial charge is 0.0965 e. The van der Waals surface area contributed by atoms with Crippen LogP contribution in [0, 0.1) is 0 Å². The highest BCUT2D eigenvalue weighted by Crippen LogP contribution is 2.12. The van der Waals surface area contributed by atoms with Gasteiger partial charge in [0.15, 0.2) is 0 Å². The molecule has 0 spiro atoms. The first-order valence-corrected chi connectivity index (χ1v) is 4.03. The Balaban J connectivity index is 2.33. The van der Waals surface area contributed by atoms with Crippen LogP contribution in [0.2, 0.25) is 0 Å². The largest absolute Gasteiger partial charge is 0.394 e. The fourth-order valence-corrected chi connectivity index (χ4v) is 1.37. The Hall–Kier alpha value is -0.200. The monoisotopic (exact) mass is 177 g/mol. The molecule has 0 aromatic heterocycles. The van der Waals surface area contributed by atoms with Gasteiger partial charge in [-0.05, 0) is 6.42 Å². The van der Waals surface area contributed by atoms with Gasteiger partial charge in [-0.25, -0.2) is 0 Å². The van der Waals surface area contributed by atoms with Gasteiger partial charge in [0, 0.05) is 12.6 Å². The van der Waals surface area contributed by atoms with Crippen molar-refractivity contribution in [2.75, 3.05) is 13.2 Å². The van der Waals surface area contributed by atoms with Crippen molar-refractivity contribution < 1.29 is 20.4 Å². The summed E-state index contributed by atoms with van der Waals surface area (Å²) in [7, 11) is 0. The molecule has 1 heterocycles. The number of aliphatic hydroxyl groups excluding tert-OH is 4. The number of aliphatic hydroxyl groups is 4. The van der Waals surface area contributed by atoms with E-state index in [1.54, 1.807) is 0 Å². The molecule has 1 saturated heterocycles. The van der Waals surface area contributed by atoms with Gasteiger partial charge in [0.1, 0.15) is 0 Å². The molecule has 0 radical (unpaired) electrons. The minimum Gasteiger partial charge on any atom is -0.394 e. The molecule has 0 aliphatic carbocycles. The summed E-state index contributed by atoms with van der Waals surface area (Å²) in [6.07, 6.45) is -2.18.